The van der Waals surface area contributed by atoms with Gasteiger partial charge in [0.25, 0.3) is 10.0 Å². The van der Waals surface area contributed by atoms with E-state index in [0.717, 1.165) is 16.7 Å². The molecule has 0 aliphatic heterocycles. The van der Waals surface area contributed by atoms with Crippen molar-refractivity contribution in [1.82, 2.24) is 0 Å². The summed E-state index contributed by atoms with van der Waals surface area (Å²) in [5.41, 5.74) is 9.51. The number of sulfonamides is 1. The predicted octanol–water partition coefficient (Wildman–Crippen LogP) is 2.99. The van der Waals surface area contributed by atoms with Crippen LogP contribution in [0, 0.1) is 20.8 Å². The van der Waals surface area contributed by atoms with E-state index in [0.29, 0.717) is 11.4 Å². The van der Waals surface area contributed by atoms with Gasteiger partial charge in [-0.05, 0) is 56.2 Å². The number of nitrogens with two attached hydrogens (primary N) is 1. The van der Waals surface area contributed by atoms with Gasteiger partial charge in [0.15, 0.2) is 0 Å². The Kier molecular flexibility index (Phi) is 3.72. The molecule has 0 saturated heterocycles. The van der Waals surface area contributed by atoms with Crippen LogP contribution in [0.25, 0.3) is 0 Å². The van der Waals surface area contributed by atoms with Crippen LogP contribution in [0.4, 0.5) is 11.4 Å². The number of rotatable bonds is 3. The van der Waals surface area contributed by atoms with Gasteiger partial charge in [0.05, 0.1) is 10.6 Å². The minimum absolute atomic E-state index is 0.176. The summed E-state index contributed by atoms with van der Waals surface area (Å²) in [7, 11) is -3.62. The van der Waals surface area contributed by atoms with Gasteiger partial charge >= 0.3 is 0 Å². The molecule has 0 atom stereocenters. The van der Waals surface area contributed by atoms with Gasteiger partial charge in [0.2, 0.25) is 0 Å². The highest BCUT2D eigenvalue weighted by atomic mass is 32.2. The molecule has 0 unspecified atom stereocenters. The van der Waals surface area contributed by atoms with Gasteiger partial charge in [-0.15, -0.1) is 0 Å². The molecule has 4 nitrogen and oxygen atoms in total. The van der Waals surface area contributed by atoms with Crippen molar-refractivity contribution in [2.75, 3.05) is 10.5 Å². The molecule has 0 aliphatic carbocycles. The number of anilines is 2. The van der Waals surface area contributed by atoms with Crippen LogP contribution in [-0.2, 0) is 10.0 Å². The van der Waals surface area contributed by atoms with Crippen molar-refractivity contribution >= 4 is 21.4 Å². The maximum atomic E-state index is 12.4. The van der Waals surface area contributed by atoms with Crippen molar-refractivity contribution in [3.05, 3.63) is 53.1 Å². The van der Waals surface area contributed by atoms with Crippen LogP contribution in [0.3, 0.4) is 0 Å². The molecule has 5 heteroatoms. The van der Waals surface area contributed by atoms with Crippen molar-refractivity contribution in [3.8, 4) is 0 Å². The molecule has 3 N–H and O–H groups in total. The summed E-state index contributed by atoms with van der Waals surface area (Å²) in [5.74, 6) is 0. The molecule has 0 radical (unpaired) electrons. The fraction of sp³-hybridized carbons (Fsp3) is 0.200. The summed E-state index contributed by atoms with van der Waals surface area (Å²) in [5, 5.41) is 0. The third-order valence-corrected chi connectivity index (χ3v) is 4.35. The SMILES string of the molecule is Cc1cc(N)cc(S(=O)(=O)Nc2ccc(C)cc2C)c1. The summed E-state index contributed by atoms with van der Waals surface area (Å²) in [6.45, 7) is 5.65. The zero-order valence-electron chi connectivity index (χ0n) is 11.8. The van der Waals surface area contributed by atoms with E-state index in [1.807, 2.05) is 32.9 Å². The fourth-order valence-corrected chi connectivity index (χ4v) is 3.33. The molecular weight excluding hydrogens is 272 g/mol. The standard InChI is InChI=1S/C15H18N2O2S/c1-10-4-5-15(12(3)6-10)17-20(18,19)14-8-11(2)7-13(16)9-14/h4-9,17H,16H2,1-3H3. The van der Waals surface area contributed by atoms with Gasteiger partial charge in [-0.3, -0.25) is 4.72 Å². The number of nitrogen functional groups attached to an aromatic ring is 1. The quantitative estimate of drug-likeness (QED) is 0.854. The Bertz CT molecular complexity index is 732. The average molecular weight is 290 g/mol. The number of benzene rings is 2. The lowest BCUT2D eigenvalue weighted by Gasteiger charge is -2.12. The Morgan fingerprint density at radius 1 is 0.950 bits per heavy atom. The predicted molar refractivity (Wildman–Crippen MR) is 82.3 cm³/mol. The molecular formula is C15H18N2O2S. The zero-order valence-corrected chi connectivity index (χ0v) is 12.6. The first-order valence-electron chi connectivity index (χ1n) is 6.25. The van der Waals surface area contributed by atoms with E-state index < -0.39 is 10.0 Å². The molecule has 0 amide bonds. The molecule has 0 bridgehead atoms. The minimum atomic E-state index is -3.62. The van der Waals surface area contributed by atoms with Gasteiger partial charge in [0, 0.05) is 5.69 Å². The summed E-state index contributed by atoms with van der Waals surface area (Å²) in [6, 6.07) is 10.4. The summed E-state index contributed by atoms with van der Waals surface area (Å²) < 4.78 is 27.4. The van der Waals surface area contributed by atoms with Crippen LogP contribution in [-0.4, -0.2) is 8.42 Å². The first-order valence-corrected chi connectivity index (χ1v) is 7.73. The highest BCUT2D eigenvalue weighted by molar-refractivity contribution is 7.92. The smallest absolute Gasteiger partial charge is 0.261 e. The maximum Gasteiger partial charge on any atom is 0.261 e. The molecule has 2 aromatic carbocycles. The molecule has 0 heterocycles. The van der Waals surface area contributed by atoms with Crippen LogP contribution in [0.5, 0.6) is 0 Å². The first kappa shape index (κ1) is 14.4. The van der Waals surface area contributed by atoms with E-state index in [4.69, 9.17) is 5.73 Å². The van der Waals surface area contributed by atoms with Crippen LogP contribution >= 0.6 is 0 Å². The van der Waals surface area contributed by atoms with Gasteiger partial charge in [0.1, 0.15) is 0 Å². The van der Waals surface area contributed by atoms with Crippen molar-refractivity contribution in [1.29, 1.82) is 0 Å². The highest BCUT2D eigenvalue weighted by Gasteiger charge is 2.16. The van der Waals surface area contributed by atoms with Crippen molar-refractivity contribution in [3.63, 3.8) is 0 Å². The molecule has 2 rings (SSSR count). The summed E-state index contributed by atoms with van der Waals surface area (Å²) in [6.07, 6.45) is 0. The van der Waals surface area contributed by atoms with E-state index in [-0.39, 0.29) is 4.90 Å². The van der Waals surface area contributed by atoms with Crippen molar-refractivity contribution in [2.24, 2.45) is 0 Å². The van der Waals surface area contributed by atoms with E-state index >= 15 is 0 Å². The second-order valence-electron chi connectivity index (χ2n) is 5.00. The van der Waals surface area contributed by atoms with Gasteiger partial charge in [-0.1, -0.05) is 17.7 Å². The second kappa shape index (κ2) is 5.17. The molecule has 0 spiro atoms. The maximum absolute atomic E-state index is 12.4. The molecule has 0 saturated carbocycles. The number of nitrogens with one attached hydrogen (secondary N) is 1. The number of hydrogen-bond acceptors (Lipinski definition) is 3. The Morgan fingerprint density at radius 2 is 1.65 bits per heavy atom. The molecule has 20 heavy (non-hydrogen) atoms. The summed E-state index contributed by atoms with van der Waals surface area (Å²) >= 11 is 0. The molecule has 0 fully saturated rings. The summed E-state index contributed by atoms with van der Waals surface area (Å²) in [4.78, 5) is 0.176. The zero-order chi connectivity index (χ0) is 14.9. The molecule has 0 aliphatic rings. The van der Waals surface area contributed by atoms with Crippen molar-refractivity contribution < 1.29 is 8.42 Å². The minimum Gasteiger partial charge on any atom is -0.399 e. The number of aryl methyl sites for hydroxylation is 3. The normalized spacial score (nSPS) is 11.3. The second-order valence-corrected chi connectivity index (χ2v) is 6.69. The van der Waals surface area contributed by atoms with Crippen LogP contribution in [0.2, 0.25) is 0 Å². The largest absolute Gasteiger partial charge is 0.399 e. The Labute approximate surface area is 119 Å². The van der Waals surface area contributed by atoms with E-state index in [9.17, 15) is 8.42 Å². The lowest BCUT2D eigenvalue weighted by atomic mass is 10.1. The molecule has 0 aromatic heterocycles. The Hall–Kier alpha value is -2.01. The lowest BCUT2D eigenvalue weighted by Crippen LogP contribution is -2.14. The number of hydrogen-bond donors (Lipinski definition) is 2. The Morgan fingerprint density at radius 3 is 2.25 bits per heavy atom. The van der Waals surface area contributed by atoms with Crippen LogP contribution < -0.4 is 10.5 Å². The fourth-order valence-electron chi connectivity index (χ4n) is 2.06. The van der Waals surface area contributed by atoms with Crippen LogP contribution in [0.1, 0.15) is 16.7 Å². The molecule has 106 valence electrons. The average Bonchev–Trinajstić information content (AvgIpc) is 2.31. The Balaban J connectivity index is 2.40. The van der Waals surface area contributed by atoms with Crippen LogP contribution in [0.15, 0.2) is 41.3 Å². The van der Waals surface area contributed by atoms with E-state index in [2.05, 4.69) is 4.72 Å². The monoisotopic (exact) mass is 290 g/mol. The molecule has 2 aromatic rings. The highest BCUT2D eigenvalue weighted by Crippen LogP contribution is 2.22. The van der Waals surface area contributed by atoms with Crippen molar-refractivity contribution in [2.45, 2.75) is 25.7 Å². The van der Waals surface area contributed by atoms with Gasteiger partial charge in [-0.2, -0.15) is 0 Å². The third kappa shape index (κ3) is 3.11. The van der Waals surface area contributed by atoms with Gasteiger partial charge in [-0.25, -0.2) is 8.42 Å². The van der Waals surface area contributed by atoms with Gasteiger partial charge < -0.3 is 5.73 Å². The lowest BCUT2D eigenvalue weighted by molar-refractivity contribution is 0.601. The van der Waals surface area contributed by atoms with E-state index in [1.54, 1.807) is 18.2 Å². The third-order valence-electron chi connectivity index (χ3n) is 3.01. The van der Waals surface area contributed by atoms with E-state index in [1.165, 1.54) is 6.07 Å². The first-order chi connectivity index (χ1) is 9.28. The topological polar surface area (TPSA) is 72.2 Å².